The molecule has 0 aliphatic heterocycles. The first-order valence-electron chi connectivity index (χ1n) is 5.54. The van der Waals surface area contributed by atoms with E-state index in [4.69, 9.17) is 16.7 Å². The number of phenolic OH excluding ortho intramolecular Hbond substituents is 1. The molecule has 4 nitrogen and oxygen atoms in total. The Morgan fingerprint density at radius 3 is 2.76 bits per heavy atom. The fourth-order valence-corrected chi connectivity index (χ4v) is 1.97. The van der Waals surface area contributed by atoms with Gasteiger partial charge in [-0.25, -0.2) is 0 Å². The van der Waals surface area contributed by atoms with E-state index in [1.807, 2.05) is 0 Å². The van der Waals surface area contributed by atoms with Gasteiger partial charge in [0.25, 0.3) is 5.91 Å². The van der Waals surface area contributed by atoms with Crippen molar-refractivity contribution in [2.24, 2.45) is 0 Å². The van der Waals surface area contributed by atoms with E-state index in [0.717, 1.165) is 12.8 Å². The molecule has 2 rings (SSSR count). The summed E-state index contributed by atoms with van der Waals surface area (Å²) in [5.41, 5.74) is 0.284. The lowest BCUT2D eigenvalue weighted by molar-refractivity contribution is 0.0707. The molecule has 0 saturated heterocycles. The summed E-state index contributed by atoms with van der Waals surface area (Å²) in [7, 11) is 0. The Labute approximate surface area is 104 Å². The van der Waals surface area contributed by atoms with Gasteiger partial charge in [0.15, 0.2) is 0 Å². The van der Waals surface area contributed by atoms with Gasteiger partial charge in [0.1, 0.15) is 5.75 Å². The summed E-state index contributed by atoms with van der Waals surface area (Å²) >= 11 is 5.94. The zero-order valence-electron chi connectivity index (χ0n) is 9.27. The Kier molecular flexibility index (Phi) is 3.54. The van der Waals surface area contributed by atoms with E-state index < -0.39 is 0 Å². The standard InChI is InChI=1S/C12H14ClNO3/c13-11-4-3-9(16)7-10(11)12(17)14(5-6-15)8-1-2-8/h3-4,7-8,15-16H,1-2,5-6H2. The Hall–Kier alpha value is -1.26. The highest BCUT2D eigenvalue weighted by atomic mass is 35.5. The molecule has 0 bridgehead atoms. The summed E-state index contributed by atoms with van der Waals surface area (Å²) in [5.74, 6) is -0.222. The molecule has 2 N–H and O–H groups in total. The second-order valence-corrected chi connectivity index (χ2v) is 4.52. The maximum atomic E-state index is 12.2. The van der Waals surface area contributed by atoms with E-state index in [-0.39, 0.29) is 29.9 Å². The number of halogens is 1. The van der Waals surface area contributed by atoms with Crippen molar-refractivity contribution in [2.45, 2.75) is 18.9 Å². The summed E-state index contributed by atoms with van der Waals surface area (Å²) in [4.78, 5) is 13.8. The Morgan fingerprint density at radius 1 is 1.47 bits per heavy atom. The van der Waals surface area contributed by atoms with Crippen LogP contribution in [0.25, 0.3) is 0 Å². The van der Waals surface area contributed by atoms with Crippen LogP contribution in [0, 0.1) is 0 Å². The number of nitrogens with zero attached hydrogens (tertiary/aromatic N) is 1. The van der Waals surface area contributed by atoms with Crippen molar-refractivity contribution in [1.29, 1.82) is 0 Å². The predicted molar refractivity (Wildman–Crippen MR) is 64.3 cm³/mol. The monoisotopic (exact) mass is 255 g/mol. The van der Waals surface area contributed by atoms with E-state index in [2.05, 4.69) is 0 Å². The second-order valence-electron chi connectivity index (χ2n) is 4.12. The van der Waals surface area contributed by atoms with Gasteiger partial charge < -0.3 is 15.1 Å². The number of benzene rings is 1. The van der Waals surface area contributed by atoms with Crippen molar-refractivity contribution in [3.8, 4) is 5.75 Å². The van der Waals surface area contributed by atoms with Crippen LogP contribution in [-0.2, 0) is 0 Å². The van der Waals surface area contributed by atoms with Crippen LogP contribution in [0.5, 0.6) is 5.75 Å². The molecule has 1 saturated carbocycles. The third kappa shape index (κ3) is 2.70. The molecule has 0 atom stereocenters. The Balaban J connectivity index is 2.24. The average molecular weight is 256 g/mol. The highest BCUT2D eigenvalue weighted by Crippen LogP contribution is 2.30. The Morgan fingerprint density at radius 2 is 2.18 bits per heavy atom. The third-order valence-corrected chi connectivity index (χ3v) is 3.10. The average Bonchev–Trinajstić information content (AvgIpc) is 3.12. The lowest BCUT2D eigenvalue weighted by atomic mass is 10.2. The maximum Gasteiger partial charge on any atom is 0.255 e. The van der Waals surface area contributed by atoms with Gasteiger partial charge >= 0.3 is 0 Å². The largest absolute Gasteiger partial charge is 0.508 e. The van der Waals surface area contributed by atoms with Crippen molar-refractivity contribution in [1.82, 2.24) is 4.90 Å². The molecule has 92 valence electrons. The van der Waals surface area contributed by atoms with Crippen LogP contribution in [0.2, 0.25) is 5.02 Å². The van der Waals surface area contributed by atoms with Gasteiger partial charge in [-0.3, -0.25) is 4.79 Å². The van der Waals surface area contributed by atoms with Gasteiger partial charge in [-0.1, -0.05) is 11.6 Å². The molecule has 1 aliphatic rings. The zero-order valence-corrected chi connectivity index (χ0v) is 10.0. The van der Waals surface area contributed by atoms with Crippen LogP contribution < -0.4 is 0 Å². The summed E-state index contributed by atoms with van der Waals surface area (Å²) in [5, 5.41) is 18.6. The smallest absolute Gasteiger partial charge is 0.255 e. The van der Waals surface area contributed by atoms with Crippen molar-refractivity contribution in [2.75, 3.05) is 13.2 Å². The quantitative estimate of drug-likeness (QED) is 0.860. The van der Waals surface area contributed by atoms with Gasteiger partial charge in [-0.15, -0.1) is 0 Å². The minimum atomic E-state index is -0.234. The molecule has 1 fully saturated rings. The summed E-state index contributed by atoms with van der Waals surface area (Å²) in [6.45, 7) is 0.230. The first-order valence-corrected chi connectivity index (χ1v) is 5.91. The lowest BCUT2D eigenvalue weighted by Gasteiger charge is -2.21. The van der Waals surface area contributed by atoms with Gasteiger partial charge in [0.2, 0.25) is 0 Å². The number of carbonyl (C=O) groups excluding carboxylic acids is 1. The van der Waals surface area contributed by atoms with E-state index in [0.29, 0.717) is 11.6 Å². The maximum absolute atomic E-state index is 12.2. The van der Waals surface area contributed by atoms with Crippen LogP contribution in [0.4, 0.5) is 0 Å². The first-order chi connectivity index (χ1) is 8.13. The molecule has 17 heavy (non-hydrogen) atoms. The number of phenols is 1. The molecular weight excluding hydrogens is 242 g/mol. The van der Waals surface area contributed by atoms with Crippen molar-refractivity contribution in [3.63, 3.8) is 0 Å². The van der Waals surface area contributed by atoms with Crippen molar-refractivity contribution >= 4 is 17.5 Å². The Bertz CT molecular complexity index is 432. The molecule has 5 heteroatoms. The predicted octanol–water partition coefficient (Wildman–Crippen LogP) is 1.64. The van der Waals surface area contributed by atoms with Gasteiger partial charge in [-0.2, -0.15) is 0 Å². The fourth-order valence-electron chi connectivity index (χ4n) is 1.78. The van der Waals surface area contributed by atoms with Gasteiger partial charge in [0, 0.05) is 12.6 Å². The highest BCUT2D eigenvalue weighted by Gasteiger charge is 2.33. The van der Waals surface area contributed by atoms with E-state index >= 15 is 0 Å². The number of aromatic hydroxyl groups is 1. The molecule has 1 aromatic carbocycles. The number of aliphatic hydroxyl groups excluding tert-OH is 1. The zero-order chi connectivity index (χ0) is 12.4. The fraction of sp³-hybridized carbons (Fsp3) is 0.417. The van der Waals surface area contributed by atoms with Crippen LogP contribution >= 0.6 is 11.6 Å². The van der Waals surface area contributed by atoms with Gasteiger partial charge in [-0.05, 0) is 31.0 Å². The molecular formula is C12H14ClNO3. The number of hydrogen-bond donors (Lipinski definition) is 2. The van der Waals surface area contributed by atoms with Crippen molar-refractivity contribution < 1.29 is 15.0 Å². The molecule has 0 radical (unpaired) electrons. The SMILES string of the molecule is O=C(c1cc(O)ccc1Cl)N(CCO)C1CC1. The molecule has 0 unspecified atom stereocenters. The van der Waals surface area contributed by atoms with Crippen LogP contribution in [0.15, 0.2) is 18.2 Å². The minimum Gasteiger partial charge on any atom is -0.508 e. The van der Waals surface area contributed by atoms with E-state index in [1.54, 1.807) is 4.90 Å². The van der Waals surface area contributed by atoms with Crippen LogP contribution in [0.1, 0.15) is 23.2 Å². The molecule has 0 aromatic heterocycles. The first kappa shape index (κ1) is 12.2. The summed E-state index contributed by atoms with van der Waals surface area (Å²) < 4.78 is 0. The molecule has 0 heterocycles. The van der Waals surface area contributed by atoms with Crippen LogP contribution in [0.3, 0.4) is 0 Å². The lowest BCUT2D eigenvalue weighted by Crippen LogP contribution is -2.35. The second kappa shape index (κ2) is 4.94. The highest BCUT2D eigenvalue weighted by molar-refractivity contribution is 6.33. The topological polar surface area (TPSA) is 60.8 Å². The summed E-state index contributed by atoms with van der Waals surface area (Å²) in [6.07, 6.45) is 1.92. The third-order valence-electron chi connectivity index (χ3n) is 2.77. The number of hydrogen-bond acceptors (Lipinski definition) is 3. The number of carbonyl (C=O) groups is 1. The number of rotatable bonds is 4. The number of aliphatic hydroxyl groups is 1. The van der Waals surface area contributed by atoms with Crippen LogP contribution in [-0.4, -0.2) is 40.2 Å². The van der Waals surface area contributed by atoms with Gasteiger partial charge in [0.05, 0.1) is 17.2 Å². The minimum absolute atomic E-state index is 0.0116. The molecule has 1 amide bonds. The molecule has 0 spiro atoms. The van der Waals surface area contributed by atoms with E-state index in [1.165, 1.54) is 18.2 Å². The van der Waals surface area contributed by atoms with Crippen molar-refractivity contribution in [3.05, 3.63) is 28.8 Å². The molecule has 1 aliphatic carbocycles. The van der Waals surface area contributed by atoms with E-state index in [9.17, 15) is 9.90 Å². The molecule has 1 aromatic rings. The summed E-state index contributed by atoms with van der Waals surface area (Å²) in [6, 6.07) is 4.49. The normalized spacial score (nSPS) is 14.7. The number of amides is 1.